The van der Waals surface area contributed by atoms with Crippen LogP contribution in [0, 0.1) is 26.2 Å². The molecule has 1 spiro atoms. The number of ether oxygens (including phenoxy) is 1. The highest BCUT2D eigenvalue weighted by Crippen LogP contribution is 2.64. The molecule has 2 aliphatic carbocycles. The molecule has 38 heavy (non-hydrogen) atoms. The Kier molecular flexibility index (Phi) is 7.17. The Morgan fingerprint density at radius 1 is 1.00 bits per heavy atom. The van der Waals surface area contributed by atoms with Crippen LogP contribution < -0.4 is 4.74 Å². The van der Waals surface area contributed by atoms with E-state index in [9.17, 15) is 14.7 Å². The molecule has 1 unspecified atom stereocenters. The van der Waals surface area contributed by atoms with Crippen LogP contribution in [0.25, 0.3) is 11.1 Å². The number of aryl methyl sites for hydroxylation is 4. The molecule has 4 heteroatoms. The number of carboxylic acids is 1. The number of hydrogen-bond acceptors (Lipinski definition) is 3. The van der Waals surface area contributed by atoms with Gasteiger partial charge in [-0.05, 0) is 120 Å². The van der Waals surface area contributed by atoms with Crippen molar-refractivity contribution in [3.63, 3.8) is 0 Å². The SMILES string of the molecule is CCC(=O)COc1cc(C)c(-c2cccc(CCc3ccc4c(c3)CC3(CC3)C4CC(=O)O)c2C)c(C)c1. The minimum atomic E-state index is -0.687. The van der Waals surface area contributed by atoms with Crippen LogP contribution in [0.5, 0.6) is 5.75 Å². The summed E-state index contributed by atoms with van der Waals surface area (Å²) in [5.41, 5.74) is 11.6. The number of carbonyl (C=O) groups excluding carboxylic acids is 1. The van der Waals surface area contributed by atoms with E-state index in [1.165, 1.54) is 38.9 Å². The Morgan fingerprint density at radius 2 is 1.74 bits per heavy atom. The first-order valence-electron chi connectivity index (χ1n) is 13.9. The van der Waals surface area contributed by atoms with Crippen molar-refractivity contribution >= 4 is 11.8 Å². The lowest BCUT2D eigenvalue weighted by molar-refractivity contribution is -0.137. The van der Waals surface area contributed by atoms with Crippen LogP contribution in [0.15, 0.2) is 48.5 Å². The van der Waals surface area contributed by atoms with Crippen molar-refractivity contribution in [2.75, 3.05) is 6.61 Å². The maximum Gasteiger partial charge on any atom is 0.303 e. The fraction of sp³-hybridized carbons (Fsp3) is 0.412. The van der Waals surface area contributed by atoms with Gasteiger partial charge in [-0.1, -0.05) is 43.3 Å². The van der Waals surface area contributed by atoms with Crippen molar-refractivity contribution in [2.24, 2.45) is 5.41 Å². The molecule has 5 rings (SSSR count). The lowest BCUT2D eigenvalue weighted by Gasteiger charge is -2.18. The molecule has 0 radical (unpaired) electrons. The number of aliphatic carboxylic acids is 1. The van der Waals surface area contributed by atoms with Gasteiger partial charge in [-0.25, -0.2) is 0 Å². The number of ketones is 1. The molecule has 2 aliphatic rings. The van der Waals surface area contributed by atoms with Crippen LogP contribution in [0.4, 0.5) is 0 Å². The van der Waals surface area contributed by atoms with Crippen LogP contribution in [0.1, 0.15) is 77.5 Å². The normalized spacial score (nSPS) is 16.9. The van der Waals surface area contributed by atoms with Crippen LogP contribution in [0.3, 0.4) is 0 Å². The largest absolute Gasteiger partial charge is 0.486 e. The second-order valence-electron chi connectivity index (χ2n) is 11.4. The third-order valence-corrected chi connectivity index (χ3v) is 8.83. The topological polar surface area (TPSA) is 63.6 Å². The summed E-state index contributed by atoms with van der Waals surface area (Å²) in [5, 5.41) is 9.44. The quantitative estimate of drug-likeness (QED) is 0.310. The maximum atomic E-state index is 11.7. The molecule has 4 nitrogen and oxygen atoms in total. The smallest absolute Gasteiger partial charge is 0.303 e. The van der Waals surface area contributed by atoms with Crippen LogP contribution in [-0.2, 0) is 28.9 Å². The lowest BCUT2D eigenvalue weighted by atomic mass is 9.86. The van der Waals surface area contributed by atoms with E-state index >= 15 is 0 Å². The summed E-state index contributed by atoms with van der Waals surface area (Å²) in [6.07, 6.45) is 6.01. The third-order valence-electron chi connectivity index (χ3n) is 8.83. The van der Waals surface area contributed by atoms with Crippen LogP contribution in [0.2, 0.25) is 0 Å². The number of hydrogen-bond donors (Lipinski definition) is 1. The number of benzene rings is 3. The molecule has 1 saturated carbocycles. The zero-order valence-corrected chi connectivity index (χ0v) is 23.0. The Morgan fingerprint density at radius 3 is 2.39 bits per heavy atom. The average molecular weight is 511 g/mol. The monoisotopic (exact) mass is 510 g/mol. The molecular formula is C34H38O4. The molecule has 1 fully saturated rings. The Balaban J connectivity index is 1.33. The van der Waals surface area contributed by atoms with Gasteiger partial charge in [-0.3, -0.25) is 9.59 Å². The van der Waals surface area contributed by atoms with Gasteiger partial charge in [0, 0.05) is 12.3 Å². The van der Waals surface area contributed by atoms with Gasteiger partial charge in [0.2, 0.25) is 0 Å². The molecule has 0 saturated heterocycles. The molecule has 0 aromatic heterocycles. The lowest BCUT2D eigenvalue weighted by Crippen LogP contribution is -2.13. The molecule has 0 heterocycles. The molecular weight excluding hydrogens is 472 g/mol. The molecule has 198 valence electrons. The van der Waals surface area contributed by atoms with Gasteiger partial charge in [-0.15, -0.1) is 0 Å². The zero-order chi connectivity index (χ0) is 27.0. The highest BCUT2D eigenvalue weighted by Gasteiger charge is 2.54. The van der Waals surface area contributed by atoms with Crippen molar-refractivity contribution < 1.29 is 19.4 Å². The first-order chi connectivity index (χ1) is 18.2. The average Bonchev–Trinajstić information content (AvgIpc) is 3.59. The Hall–Kier alpha value is -3.40. The Bertz CT molecular complexity index is 1370. The fourth-order valence-corrected chi connectivity index (χ4v) is 6.53. The van der Waals surface area contributed by atoms with Gasteiger partial charge in [-0.2, -0.15) is 0 Å². The van der Waals surface area contributed by atoms with E-state index in [-0.39, 0.29) is 30.1 Å². The minimum Gasteiger partial charge on any atom is -0.486 e. The summed E-state index contributed by atoms with van der Waals surface area (Å²) in [7, 11) is 0. The van der Waals surface area contributed by atoms with Gasteiger partial charge >= 0.3 is 5.97 Å². The van der Waals surface area contributed by atoms with E-state index in [1.54, 1.807) is 0 Å². The van der Waals surface area contributed by atoms with Crippen LogP contribution in [-0.4, -0.2) is 23.5 Å². The van der Waals surface area contributed by atoms with Gasteiger partial charge in [0.15, 0.2) is 5.78 Å². The summed E-state index contributed by atoms with van der Waals surface area (Å²) >= 11 is 0. The number of carbonyl (C=O) groups is 2. The fourth-order valence-electron chi connectivity index (χ4n) is 6.53. The van der Waals surface area contributed by atoms with Crippen molar-refractivity contribution in [2.45, 2.75) is 78.6 Å². The minimum absolute atomic E-state index is 0.100. The van der Waals surface area contributed by atoms with Crippen molar-refractivity contribution in [3.05, 3.63) is 87.5 Å². The van der Waals surface area contributed by atoms with E-state index in [0.717, 1.165) is 49.0 Å². The van der Waals surface area contributed by atoms with Crippen molar-refractivity contribution in [1.82, 2.24) is 0 Å². The third kappa shape index (κ3) is 5.14. The molecule has 3 aromatic rings. The van der Waals surface area contributed by atoms with E-state index in [4.69, 9.17) is 4.74 Å². The van der Waals surface area contributed by atoms with Gasteiger partial charge in [0.05, 0.1) is 6.42 Å². The van der Waals surface area contributed by atoms with E-state index < -0.39 is 5.97 Å². The van der Waals surface area contributed by atoms with Gasteiger partial charge in [0.1, 0.15) is 12.4 Å². The predicted octanol–water partition coefficient (Wildman–Crippen LogP) is 7.32. The highest BCUT2D eigenvalue weighted by molar-refractivity contribution is 5.80. The van der Waals surface area contributed by atoms with Crippen molar-refractivity contribution in [1.29, 1.82) is 0 Å². The first-order valence-corrected chi connectivity index (χ1v) is 13.9. The molecule has 0 amide bonds. The Labute approximate surface area is 226 Å². The maximum absolute atomic E-state index is 11.7. The van der Waals surface area contributed by atoms with Gasteiger partial charge in [0.25, 0.3) is 0 Å². The highest BCUT2D eigenvalue weighted by atomic mass is 16.5. The van der Waals surface area contributed by atoms with E-state index in [1.807, 2.05) is 19.1 Å². The van der Waals surface area contributed by atoms with Crippen molar-refractivity contribution in [3.8, 4) is 16.9 Å². The summed E-state index contributed by atoms with van der Waals surface area (Å²) in [6.45, 7) is 8.40. The molecule has 1 atom stereocenters. The van der Waals surface area contributed by atoms with E-state index in [0.29, 0.717) is 6.42 Å². The zero-order valence-electron chi connectivity index (χ0n) is 23.0. The summed E-state index contributed by atoms with van der Waals surface area (Å²) in [6, 6.07) is 17.4. The molecule has 0 aliphatic heterocycles. The number of carboxylic acid groups (broad SMARTS) is 1. The number of fused-ring (bicyclic) bond motifs is 1. The van der Waals surface area contributed by atoms with Gasteiger partial charge < -0.3 is 9.84 Å². The second kappa shape index (κ2) is 10.4. The molecule has 3 aromatic carbocycles. The summed E-state index contributed by atoms with van der Waals surface area (Å²) in [5.74, 6) is 0.337. The second-order valence-corrected chi connectivity index (χ2v) is 11.4. The molecule has 1 N–H and O–H groups in total. The number of Topliss-reactive ketones (excluding diaryl/α,β-unsaturated/α-hetero) is 1. The first kappa shape index (κ1) is 26.2. The summed E-state index contributed by atoms with van der Waals surface area (Å²) in [4.78, 5) is 23.2. The molecule has 0 bridgehead atoms. The standard InChI is InChI=1S/C34H38O4/c1-5-27(35)20-38-28-15-21(2)33(22(3)16-28)29-8-6-7-25(23(29)4)11-9-24-10-12-30-26(17-24)19-34(13-14-34)31(30)18-32(36)37/h6-8,10,12,15-17,31H,5,9,11,13-14,18-20H2,1-4H3,(H,36,37). The summed E-state index contributed by atoms with van der Waals surface area (Å²) < 4.78 is 5.75. The van der Waals surface area contributed by atoms with E-state index in [2.05, 4.69) is 57.2 Å². The van der Waals surface area contributed by atoms with Crippen LogP contribution >= 0.6 is 0 Å². The predicted molar refractivity (Wildman–Crippen MR) is 151 cm³/mol. The number of rotatable bonds is 10.